The van der Waals surface area contributed by atoms with Crippen LogP contribution in [0.4, 0.5) is 0 Å². The van der Waals surface area contributed by atoms with Crippen LogP contribution in [-0.4, -0.2) is 25.0 Å². The minimum atomic E-state index is 0.345. The van der Waals surface area contributed by atoms with Gasteiger partial charge in [0.2, 0.25) is 0 Å². The number of hydrogen-bond acceptors (Lipinski definition) is 2. The summed E-state index contributed by atoms with van der Waals surface area (Å²) in [6.07, 6.45) is 0.972. The maximum Gasteiger partial charge on any atom is 0.0233 e. The number of benzene rings is 1. The zero-order valence-corrected chi connectivity index (χ0v) is 11.7. The van der Waals surface area contributed by atoms with Crippen molar-refractivity contribution in [1.29, 1.82) is 0 Å². The summed E-state index contributed by atoms with van der Waals surface area (Å²) in [4.78, 5) is 2.38. The molecule has 1 aromatic rings. The first-order chi connectivity index (χ1) is 7.92. The van der Waals surface area contributed by atoms with Crippen LogP contribution < -0.4 is 5.73 Å². The van der Waals surface area contributed by atoms with E-state index >= 15 is 0 Å². The summed E-state index contributed by atoms with van der Waals surface area (Å²) in [5.74, 6) is 0. The Hall–Kier alpha value is -0.860. The number of hydrogen-bond donors (Lipinski definition) is 1. The fraction of sp³-hybridized carbons (Fsp3) is 0.600. The van der Waals surface area contributed by atoms with Gasteiger partial charge >= 0.3 is 0 Å². The molecule has 2 nitrogen and oxygen atoms in total. The van der Waals surface area contributed by atoms with Crippen molar-refractivity contribution >= 4 is 0 Å². The summed E-state index contributed by atoms with van der Waals surface area (Å²) in [6.45, 7) is 9.65. The number of nitrogens with zero attached hydrogens (tertiary/aromatic N) is 1. The molecule has 0 amide bonds. The fourth-order valence-corrected chi connectivity index (χ4v) is 2.27. The summed E-state index contributed by atoms with van der Waals surface area (Å²) in [7, 11) is 2.18. The Bertz CT molecular complexity index is 339. The second kappa shape index (κ2) is 6.18. The SMILES string of the molecule is CN(Cc1ccccc1CCN)CC(C)(C)C. The van der Waals surface area contributed by atoms with Crippen molar-refractivity contribution in [2.75, 3.05) is 20.1 Å². The third-order valence-corrected chi connectivity index (χ3v) is 2.72. The summed E-state index contributed by atoms with van der Waals surface area (Å²) >= 11 is 0. The minimum Gasteiger partial charge on any atom is -0.330 e. The maximum atomic E-state index is 5.65. The van der Waals surface area contributed by atoms with E-state index in [0.29, 0.717) is 5.41 Å². The zero-order chi connectivity index (χ0) is 12.9. The fourth-order valence-electron chi connectivity index (χ4n) is 2.27. The van der Waals surface area contributed by atoms with Crippen LogP contribution in [0.25, 0.3) is 0 Å². The van der Waals surface area contributed by atoms with Gasteiger partial charge in [-0.15, -0.1) is 0 Å². The second-order valence-corrected chi connectivity index (χ2v) is 6.04. The molecule has 1 rings (SSSR count). The minimum absolute atomic E-state index is 0.345. The molecular weight excluding hydrogens is 208 g/mol. The predicted molar refractivity (Wildman–Crippen MR) is 75.0 cm³/mol. The van der Waals surface area contributed by atoms with Crippen LogP contribution in [-0.2, 0) is 13.0 Å². The van der Waals surface area contributed by atoms with Gasteiger partial charge in [0.25, 0.3) is 0 Å². The molecular formula is C15H26N2. The van der Waals surface area contributed by atoms with Gasteiger partial charge in [-0.3, -0.25) is 0 Å². The Balaban J connectivity index is 2.67. The van der Waals surface area contributed by atoms with Crippen LogP contribution in [0, 0.1) is 5.41 Å². The van der Waals surface area contributed by atoms with Gasteiger partial charge in [0.05, 0.1) is 0 Å². The first-order valence-corrected chi connectivity index (χ1v) is 6.38. The molecule has 0 unspecified atom stereocenters. The molecule has 17 heavy (non-hydrogen) atoms. The quantitative estimate of drug-likeness (QED) is 0.848. The van der Waals surface area contributed by atoms with Crippen LogP contribution in [0.5, 0.6) is 0 Å². The standard InChI is InChI=1S/C15H26N2/c1-15(2,3)12-17(4)11-14-8-6-5-7-13(14)9-10-16/h5-8H,9-12,16H2,1-4H3. The van der Waals surface area contributed by atoms with Crippen molar-refractivity contribution in [3.05, 3.63) is 35.4 Å². The van der Waals surface area contributed by atoms with E-state index in [1.54, 1.807) is 0 Å². The molecule has 1 aromatic carbocycles. The van der Waals surface area contributed by atoms with E-state index < -0.39 is 0 Å². The van der Waals surface area contributed by atoms with Crippen molar-refractivity contribution in [3.8, 4) is 0 Å². The van der Waals surface area contributed by atoms with E-state index in [0.717, 1.165) is 26.1 Å². The number of nitrogens with two attached hydrogens (primary N) is 1. The molecule has 0 fully saturated rings. The van der Waals surface area contributed by atoms with Gasteiger partial charge < -0.3 is 10.6 Å². The Morgan fingerprint density at radius 3 is 2.24 bits per heavy atom. The Morgan fingerprint density at radius 1 is 1.12 bits per heavy atom. The van der Waals surface area contributed by atoms with Crippen LogP contribution in [0.2, 0.25) is 0 Å². The van der Waals surface area contributed by atoms with E-state index in [2.05, 4.69) is 57.0 Å². The van der Waals surface area contributed by atoms with Crippen LogP contribution in [0.1, 0.15) is 31.9 Å². The largest absolute Gasteiger partial charge is 0.330 e. The lowest BCUT2D eigenvalue weighted by molar-refractivity contribution is 0.220. The van der Waals surface area contributed by atoms with Crippen LogP contribution in [0.15, 0.2) is 24.3 Å². The van der Waals surface area contributed by atoms with E-state index in [9.17, 15) is 0 Å². The molecule has 2 N–H and O–H groups in total. The lowest BCUT2D eigenvalue weighted by atomic mass is 9.95. The third-order valence-electron chi connectivity index (χ3n) is 2.72. The normalized spacial score (nSPS) is 12.1. The van der Waals surface area contributed by atoms with E-state index in [1.807, 2.05) is 0 Å². The molecule has 0 aliphatic carbocycles. The molecule has 0 radical (unpaired) electrons. The Morgan fingerprint density at radius 2 is 1.71 bits per heavy atom. The molecule has 96 valence electrons. The average Bonchev–Trinajstić information content (AvgIpc) is 2.18. The van der Waals surface area contributed by atoms with Gasteiger partial charge in [0.1, 0.15) is 0 Å². The first-order valence-electron chi connectivity index (χ1n) is 6.38. The maximum absolute atomic E-state index is 5.65. The molecule has 0 heterocycles. The lowest BCUT2D eigenvalue weighted by Gasteiger charge is -2.27. The smallest absolute Gasteiger partial charge is 0.0233 e. The van der Waals surface area contributed by atoms with E-state index in [1.165, 1.54) is 11.1 Å². The summed E-state index contributed by atoms with van der Waals surface area (Å²) in [5.41, 5.74) is 8.79. The topological polar surface area (TPSA) is 29.3 Å². The summed E-state index contributed by atoms with van der Waals surface area (Å²) in [6, 6.07) is 8.61. The molecule has 0 saturated heterocycles. The third kappa shape index (κ3) is 5.33. The molecule has 0 saturated carbocycles. The molecule has 0 aliphatic rings. The van der Waals surface area contributed by atoms with Gasteiger partial charge in [0, 0.05) is 13.1 Å². The molecule has 2 heteroatoms. The monoisotopic (exact) mass is 234 g/mol. The van der Waals surface area contributed by atoms with Crippen LogP contribution >= 0.6 is 0 Å². The van der Waals surface area contributed by atoms with Gasteiger partial charge in [-0.1, -0.05) is 45.0 Å². The van der Waals surface area contributed by atoms with Crippen molar-refractivity contribution in [2.45, 2.75) is 33.7 Å². The summed E-state index contributed by atoms with van der Waals surface area (Å²) < 4.78 is 0. The van der Waals surface area contributed by atoms with Gasteiger partial charge in [-0.05, 0) is 36.6 Å². The predicted octanol–water partition coefficient (Wildman–Crippen LogP) is 2.67. The molecule has 0 aromatic heterocycles. The molecule has 0 aliphatic heterocycles. The highest BCUT2D eigenvalue weighted by molar-refractivity contribution is 5.27. The Kier molecular flexibility index (Phi) is 5.16. The van der Waals surface area contributed by atoms with Crippen molar-refractivity contribution in [3.63, 3.8) is 0 Å². The average molecular weight is 234 g/mol. The number of rotatable bonds is 5. The Labute approximate surface area is 106 Å². The highest BCUT2D eigenvalue weighted by Crippen LogP contribution is 2.17. The van der Waals surface area contributed by atoms with Crippen LogP contribution in [0.3, 0.4) is 0 Å². The van der Waals surface area contributed by atoms with Gasteiger partial charge in [-0.2, -0.15) is 0 Å². The molecule has 0 atom stereocenters. The molecule has 0 spiro atoms. The highest BCUT2D eigenvalue weighted by atomic mass is 15.1. The van der Waals surface area contributed by atoms with Gasteiger partial charge in [-0.25, -0.2) is 0 Å². The summed E-state index contributed by atoms with van der Waals surface area (Å²) in [5, 5.41) is 0. The van der Waals surface area contributed by atoms with E-state index in [4.69, 9.17) is 5.73 Å². The second-order valence-electron chi connectivity index (χ2n) is 6.04. The van der Waals surface area contributed by atoms with E-state index in [-0.39, 0.29) is 0 Å². The van der Waals surface area contributed by atoms with Gasteiger partial charge in [0.15, 0.2) is 0 Å². The van der Waals surface area contributed by atoms with Crippen molar-refractivity contribution < 1.29 is 0 Å². The van der Waals surface area contributed by atoms with Crippen molar-refractivity contribution in [2.24, 2.45) is 11.1 Å². The molecule has 0 bridgehead atoms. The highest BCUT2D eigenvalue weighted by Gasteiger charge is 2.14. The van der Waals surface area contributed by atoms with Crippen molar-refractivity contribution in [1.82, 2.24) is 4.90 Å². The lowest BCUT2D eigenvalue weighted by Crippen LogP contribution is -2.29. The first kappa shape index (κ1) is 14.2. The zero-order valence-electron chi connectivity index (χ0n) is 11.7.